The van der Waals surface area contributed by atoms with Crippen molar-refractivity contribution >= 4 is 5.78 Å². The van der Waals surface area contributed by atoms with Gasteiger partial charge in [-0.2, -0.15) is 0 Å². The minimum atomic E-state index is -0.273. The lowest BCUT2D eigenvalue weighted by molar-refractivity contribution is 0.0563. The highest BCUT2D eigenvalue weighted by Crippen LogP contribution is 2.35. The Labute approximate surface area is 110 Å². The van der Waals surface area contributed by atoms with Crippen LogP contribution < -0.4 is 0 Å². The number of nitrogens with zero attached hydrogens (tertiary/aromatic N) is 1. The monoisotopic (exact) mass is 245 g/mol. The molecule has 0 radical (unpaired) electrons. The number of hydrogen-bond donors (Lipinski definition) is 0. The molecule has 0 spiro atoms. The third kappa shape index (κ3) is 2.22. The number of hydrogen-bond acceptors (Lipinski definition) is 2. The van der Waals surface area contributed by atoms with Crippen molar-refractivity contribution in [2.45, 2.75) is 44.6 Å². The van der Waals surface area contributed by atoms with Gasteiger partial charge in [-0.1, -0.05) is 43.5 Å². The van der Waals surface area contributed by atoms with Crippen LogP contribution in [0, 0.1) is 6.92 Å². The molecule has 1 saturated carbocycles. The van der Waals surface area contributed by atoms with Crippen LogP contribution in [0.3, 0.4) is 0 Å². The van der Waals surface area contributed by atoms with E-state index >= 15 is 0 Å². The van der Waals surface area contributed by atoms with Crippen molar-refractivity contribution in [1.82, 2.24) is 4.90 Å². The second-order valence-electron chi connectivity index (χ2n) is 5.63. The van der Waals surface area contributed by atoms with E-state index in [2.05, 4.69) is 4.90 Å². The zero-order valence-corrected chi connectivity index (χ0v) is 11.7. The topological polar surface area (TPSA) is 20.3 Å². The van der Waals surface area contributed by atoms with Gasteiger partial charge in [0.2, 0.25) is 0 Å². The molecule has 1 aromatic carbocycles. The van der Waals surface area contributed by atoms with E-state index in [1.54, 1.807) is 0 Å². The highest BCUT2D eigenvalue weighted by Gasteiger charge is 2.41. The largest absolute Gasteiger partial charge is 0.297 e. The number of aryl methyl sites for hydroxylation is 1. The molecular weight excluding hydrogens is 222 g/mol. The van der Waals surface area contributed by atoms with Gasteiger partial charge in [0.15, 0.2) is 5.78 Å². The maximum Gasteiger partial charge on any atom is 0.183 e. The molecule has 1 aliphatic carbocycles. The van der Waals surface area contributed by atoms with Gasteiger partial charge in [-0.05, 0) is 39.4 Å². The van der Waals surface area contributed by atoms with Crippen LogP contribution in [0.25, 0.3) is 0 Å². The quantitative estimate of drug-likeness (QED) is 0.760. The smallest absolute Gasteiger partial charge is 0.183 e. The van der Waals surface area contributed by atoms with Gasteiger partial charge in [-0.25, -0.2) is 0 Å². The molecule has 0 aromatic heterocycles. The standard InChI is InChI=1S/C16H23NO/c1-13-9-5-6-10-14(13)15(18)16(17(2)3)11-7-4-8-12-16/h5-6,9-10H,4,7-8,11-12H2,1-3H3. The summed E-state index contributed by atoms with van der Waals surface area (Å²) in [7, 11) is 4.09. The van der Waals surface area contributed by atoms with Crippen LogP contribution in [-0.4, -0.2) is 30.3 Å². The Hall–Kier alpha value is -1.15. The Kier molecular flexibility index (Phi) is 3.86. The summed E-state index contributed by atoms with van der Waals surface area (Å²) in [5.74, 6) is 0.310. The maximum absolute atomic E-state index is 12.9. The SMILES string of the molecule is Cc1ccccc1C(=O)C1(N(C)C)CCCCC1. The first-order valence-corrected chi connectivity index (χ1v) is 6.86. The first-order valence-electron chi connectivity index (χ1n) is 6.86. The summed E-state index contributed by atoms with van der Waals surface area (Å²) >= 11 is 0. The molecule has 1 fully saturated rings. The van der Waals surface area contributed by atoms with E-state index in [-0.39, 0.29) is 5.54 Å². The van der Waals surface area contributed by atoms with Gasteiger partial charge in [0.1, 0.15) is 0 Å². The van der Waals surface area contributed by atoms with Crippen molar-refractivity contribution in [2.75, 3.05) is 14.1 Å². The number of carbonyl (C=O) groups is 1. The highest BCUT2D eigenvalue weighted by molar-refractivity contribution is 6.04. The number of ketones is 1. The van der Waals surface area contributed by atoms with Gasteiger partial charge in [0.05, 0.1) is 5.54 Å². The molecule has 98 valence electrons. The highest BCUT2D eigenvalue weighted by atomic mass is 16.1. The summed E-state index contributed by atoms with van der Waals surface area (Å²) < 4.78 is 0. The van der Waals surface area contributed by atoms with E-state index in [4.69, 9.17) is 0 Å². The third-order valence-corrected chi connectivity index (χ3v) is 4.35. The van der Waals surface area contributed by atoms with Crippen LogP contribution >= 0.6 is 0 Å². The first-order chi connectivity index (χ1) is 8.58. The Morgan fingerprint density at radius 2 is 1.72 bits per heavy atom. The third-order valence-electron chi connectivity index (χ3n) is 4.35. The fraction of sp³-hybridized carbons (Fsp3) is 0.562. The van der Waals surface area contributed by atoms with Gasteiger partial charge < -0.3 is 0 Å². The Balaban J connectivity index is 2.38. The summed E-state index contributed by atoms with van der Waals surface area (Å²) in [6.45, 7) is 2.03. The molecule has 0 N–H and O–H groups in total. The van der Waals surface area contributed by atoms with E-state index in [0.717, 1.165) is 36.8 Å². The first kappa shape index (κ1) is 13.3. The number of benzene rings is 1. The number of carbonyl (C=O) groups excluding carboxylic acids is 1. The number of Topliss-reactive ketones (excluding diaryl/α,β-unsaturated/α-hetero) is 1. The van der Waals surface area contributed by atoms with Crippen molar-refractivity contribution in [1.29, 1.82) is 0 Å². The van der Waals surface area contributed by atoms with Crippen LogP contribution in [0.15, 0.2) is 24.3 Å². The Bertz CT molecular complexity index is 430. The van der Waals surface area contributed by atoms with E-state index < -0.39 is 0 Å². The molecule has 0 amide bonds. The van der Waals surface area contributed by atoms with Gasteiger partial charge in [-0.15, -0.1) is 0 Å². The molecule has 0 unspecified atom stereocenters. The van der Waals surface area contributed by atoms with Crippen molar-refractivity contribution < 1.29 is 4.79 Å². The molecule has 0 bridgehead atoms. The van der Waals surface area contributed by atoms with Crippen molar-refractivity contribution in [3.05, 3.63) is 35.4 Å². The lowest BCUT2D eigenvalue weighted by Gasteiger charge is -2.41. The molecule has 2 heteroatoms. The predicted molar refractivity (Wildman–Crippen MR) is 75.0 cm³/mol. The number of rotatable bonds is 3. The van der Waals surface area contributed by atoms with Crippen molar-refractivity contribution in [3.8, 4) is 0 Å². The van der Waals surface area contributed by atoms with E-state index in [9.17, 15) is 4.79 Å². The average molecular weight is 245 g/mol. The maximum atomic E-state index is 12.9. The van der Waals surface area contributed by atoms with Gasteiger partial charge in [-0.3, -0.25) is 9.69 Å². The van der Waals surface area contributed by atoms with Crippen LogP contribution in [0.1, 0.15) is 48.0 Å². The molecule has 2 rings (SSSR count). The van der Waals surface area contributed by atoms with Gasteiger partial charge in [0.25, 0.3) is 0 Å². The number of likely N-dealkylation sites (N-methyl/N-ethyl adjacent to an activating group) is 1. The summed E-state index contributed by atoms with van der Waals surface area (Å²) in [5.41, 5.74) is 1.71. The molecule has 0 saturated heterocycles. The molecule has 0 atom stereocenters. The van der Waals surface area contributed by atoms with Crippen LogP contribution in [-0.2, 0) is 0 Å². The Morgan fingerprint density at radius 3 is 2.28 bits per heavy atom. The molecule has 0 heterocycles. The molecular formula is C16H23NO. The van der Waals surface area contributed by atoms with Crippen LogP contribution in [0.5, 0.6) is 0 Å². The van der Waals surface area contributed by atoms with Crippen molar-refractivity contribution in [2.24, 2.45) is 0 Å². The van der Waals surface area contributed by atoms with Crippen molar-refractivity contribution in [3.63, 3.8) is 0 Å². The van der Waals surface area contributed by atoms with Crippen LogP contribution in [0.4, 0.5) is 0 Å². The predicted octanol–water partition coefficient (Wildman–Crippen LogP) is 3.44. The molecule has 0 aliphatic heterocycles. The molecule has 18 heavy (non-hydrogen) atoms. The average Bonchev–Trinajstić information content (AvgIpc) is 2.39. The van der Waals surface area contributed by atoms with E-state index in [0.29, 0.717) is 5.78 Å². The van der Waals surface area contributed by atoms with Gasteiger partial charge in [0, 0.05) is 5.56 Å². The molecule has 1 aromatic rings. The summed E-state index contributed by atoms with van der Waals surface area (Å²) in [6, 6.07) is 7.96. The minimum absolute atomic E-state index is 0.273. The summed E-state index contributed by atoms with van der Waals surface area (Å²) in [5, 5.41) is 0. The second-order valence-corrected chi connectivity index (χ2v) is 5.63. The summed E-state index contributed by atoms with van der Waals surface area (Å²) in [4.78, 5) is 15.1. The fourth-order valence-corrected chi connectivity index (χ4v) is 3.09. The lowest BCUT2D eigenvalue weighted by atomic mass is 9.75. The van der Waals surface area contributed by atoms with Crippen LogP contribution in [0.2, 0.25) is 0 Å². The molecule has 1 aliphatic rings. The second kappa shape index (κ2) is 5.23. The van der Waals surface area contributed by atoms with E-state index in [1.807, 2.05) is 45.3 Å². The van der Waals surface area contributed by atoms with Gasteiger partial charge >= 0.3 is 0 Å². The minimum Gasteiger partial charge on any atom is -0.297 e. The van der Waals surface area contributed by atoms with E-state index in [1.165, 1.54) is 6.42 Å². The Morgan fingerprint density at radius 1 is 1.11 bits per heavy atom. The zero-order chi connectivity index (χ0) is 13.2. The fourth-order valence-electron chi connectivity index (χ4n) is 3.09. The lowest BCUT2D eigenvalue weighted by Crippen LogP contribution is -2.52. The zero-order valence-electron chi connectivity index (χ0n) is 11.7. The normalized spacial score (nSPS) is 18.9. The molecule has 2 nitrogen and oxygen atoms in total. The summed E-state index contributed by atoms with van der Waals surface area (Å²) in [6.07, 6.45) is 5.57.